The van der Waals surface area contributed by atoms with E-state index in [1.54, 1.807) is 24.3 Å². The molecule has 2 aromatic rings. The Labute approximate surface area is 120 Å². The molecule has 1 aromatic carbocycles. The summed E-state index contributed by atoms with van der Waals surface area (Å²) in [6.07, 6.45) is 0. The van der Waals surface area contributed by atoms with E-state index in [1.165, 1.54) is 0 Å². The van der Waals surface area contributed by atoms with Crippen LogP contribution in [0, 0.1) is 0 Å². The van der Waals surface area contributed by atoms with Crippen molar-refractivity contribution in [2.45, 2.75) is 0 Å². The molecule has 2 N–H and O–H groups in total. The van der Waals surface area contributed by atoms with Crippen molar-refractivity contribution >= 4 is 35.6 Å². The van der Waals surface area contributed by atoms with Crippen LogP contribution in [0.25, 0.3) is 11.3 Å². The van der Waals surface area contributed by atoms with E-state index in [2.05, 4.69) is 5.16 Å². The van der Waals surface area contributed by atoms with E-state index in [9.17, 15) is 0 Å². The molecular weight excluding hydrogens is 298 g/mol. The number of rotatable bonds is 4. The van der Waals surface area contributed by atoms with Crippen LogP contribution in [0.1, 0.15) is 0 Å². The molecule has 0 fully saturated rings. The molecule has 1 aromatic heterocycles. The Bertz CT molecular complexity index is 517. The van der Waals surface area contributed by atoms with Gasteiger partial charge in [0.25, 0.3) is 5.88 Å². The summed E-state index contributed by atoms with van der Waals surface area (Å²) in [6, 6.07) is 6.93. The largest absolute Gasteiger partial charge is 0.474 e. The first-order valence-corrected chi connectivity index (χ1v) is 5.72. The monoisotopic (exact) mass is 308 g/mol. The van der Waals surface area contributed by atoms with Gasteiger partial charge in [-0.3, -0.25) is 0 Å². The molecule has 0 aliphatic rings. The third-order valence-corrected chi connectivity index (χ3v) is 2.89. The summed E-state index contributed by atoms with van der Waals surface area (Å²) in [5.74, 6) is 0.881. The summed E-state index contributed by atoms with van der Waals surface area (Å²) in [5.41, 5.74) is 5.99. The molecule has 0 amide bonds. The van der Waals surface area contributed by atoms with Crippen molar-refractivity contribution in [3.63, 3.8) is 0 Å². The van der Waals surface area contributed by atoms with Crippen LogP contribution in [-0.2, 0) is 0 Å². The molecule has 98 valence electrons. The third kappa shape index (κ3) is 3.29. The third-order valence-electron chi connectivity index (χ3n) is 2.07. The number of nitrogens with zero attached hydrogens (tertiary/aromatic N) is 1. The molecule has 0 aliphatic carbocycles. The van der Waals surface area contributed by atoms with E-state index in [-0.39, 0.29) is 12.4 Å². The van der Waals surface area contributed by atoms with Crippen molar-refractivity contribution in [3.05, 3.63) is 34.3 Å². The minimum Gasteiger partial charge on any atom is -0.474 e. The van der Waals surface area contributed by atoms with Gasteiger partial charge in [-0.1, -0.05) is 29.3 Å². The van der Waals surface area contributed by atoms with Gasteiger partial charge in [-0.25, -0.2) is 0 Å². The highest BCUT2D eigenvalue weighted by molar-refractivity contribution is 6.43. The standard InChI is InChI=1S/C11H10Cl2N2O2.ClH/c12-8-3-1-2-7(11(8)13)9-6-10(15-17-9)16-5-4-14;/h1-3,6H,4-5,14H2;1H. The van der Waals surface area contributed by atoms with Crippen LogP contribution in [0.15, 0.2) is 28.8 Å². The second-order valence-corrected chi connectivity index (χ2v) is 4.05. The quantitative estimate of drug-likeness (QED) is 0.940. The Hall–Kier alpha value is -0.940. The lowest BCUT2D eigenvalue weighted by Gasteiger charge is -2.00. The highest BCUT2D eigenvalue weighted by atomic mass is 35.5. The van der Waals surface area contributed by atoms with Crippen LogP contribution >= 0.6 is 35.6 Å². The Kier molecular flexibility index (Phi) is 5.75. The Morgan fingerprint density at radius 1 is 1.33 bits per heavy atom. The van der Waals surface area contributed by atoms with Gasteiger partial charge in [-0.2, -0.15) is 0 Å². The lowest BCUT2D eigenvalue weighted by atomic mass is 10.2. The minimum atomic E-state index is 0. The van der Waals surface area contributed by atoms with Gasteiger partial charge in [0.15, 0.2) is 5.76 Å². The highest BCUT2D eigenvalue weighted by Gasteiger charge is 2.12. The van der Waals surface area contributed by atoms with Crippen molar-refractivity contribution in [2.75, 3.05) is 13.2 Å². The fourth-order valence-corrected chi connectivity index (χ4v) is 1.71. The summed E-state index contributed by atoms with van der Waals surface area (Å²) in [7, 11) is 0. The lowest BCUT2D eigenvalue weighted by molar-refractivity contribution is 0.288. The van der Waals surface area contributed by atoms with Crippen molar-refractivity contribution in [1.29, 1.82) is 0 Å². The van der Waals surface area contributed by atoms with Gasteiger partial charge in [0, 0.05) is 18.2 Å². The maximum atomic E-state index is 6.06. The summed E-state index contributed by atoms with van der Waals surface area (Å²) in [4.78, 5) is 0. The average molecular weight is 310 g/mol. The first-order valence-electron chi connectivity index (χ1n) is 4.96. The van der Waals surface area contributed by atoms with Gasteiger partial charge in [-0.15, -0.1) is 12.4 Å². The number of hydrogen-bond donors (Lipinski definition) is 1. The van der Waals surface area contributed by atoms with Gasteiger partial charge in [-0.05, 0) is 17.3 Å². The van der Waals surface area contributed by atoms with E-state index < -0.39 is 0 Å². The maximum Gasteiger partial charge on any atom is 0.254 e. The lowest BCUT2D eigenvalue weighted by Crippen LogP contribution is -2.10. The van der Waals surface area contributed by atoms with Crippen LogP contribution in [0.2, 0.25) is 10.0 Å². The number of benzene rings is 1. The molecule has 0 unspecified atom stereocenters. The zero-order valence-electron chi connectivity index (χ0n) is 9.23. The highest BCUT2D eigenvalue weighted by Crippen LogP contribution is 2.34. The number of halogens is 3. The van der Waals surface area contributed by atoms with Crippen LogP contribution < -0.4 is 10.5 Å². The fourth-order valence-electron chi connectivity index (χ4n) is 1.31. The molecule has 4 nitrogen and oxygen atoms in total. The van der Waals surface area contributed by atoms with E-state index in [0.29, 0.717) is 40.4 Å². The van der Waals surface area contributed by atoms with E-state index in [0.717, 1.165) is 0 Å². The van der Waals surface area contributed by atoms with Gasteiger partial charge < -0.3 is 15.0 Å². The SMILES string of the molecule is Cl.NCCOc1cc(-c2cccc(Cl)c2Cl)on1. The molecule has 0 atom stereocenters. The molecule has 2 rings (SSSR count). The average Bonchev–Trinajstić information content (AvgIpc) is 2.78. The Balaban J connectivity index is 0.00000162. The summed E-state index contributed by atoms with van der Waals surface area (Å²) in [6.45, 7) is 0.801. The van der Waals surface area contributed by atoms with Crippen molar-refractivity contribution in [2.24, 2.45) is 5.73 Å². The summed E-state index contributed by atoms with van der Waals surface area (Å²) in [5, 5.41) is 4.64. The zero-order valence-corrected chi connectivity index (χ0v) is 11.6. The predicted molar refractivity (Wildman–Crippen MR) is 73.8 cm³/mol. The van der Waals surface area contributed by atoms with Crippen LogP contribution in [-0.4, -0.2) is 18.3 Å². The molecular formula is C11H11Cl3N2O2. The molecule has 0 aliphatic heterocycles. The maximum absolute atomic E-state index is 6.06. The molecule has 18 heavy (non-hydrogen) atoms. The van der Waals surface area contributed by atoms with Crippen LogP contribution in [0.4, 0.5) is 0 Å². The number of ether oxygens (including phenoxy) is 1. The van der Waals surface area contributed by atoms with Crippen molar-refractivity contribution in [3.8, 4) is 17.2 Å². The smallest absolute Gasteiger partial charge is 0.254 e. The summed E-state index contributed by atoms with van der Waals surface area (Å²) < 4.78 is 10.3. The van der Waals surface area contributed by atoms with Gasteiger partial charge >= 0.3 is 0 Å². The van der Waals surface area contributed by atoms with E-state index in [4.69, 9.17) is 38.2 Å². The first-order chi connectivity index (χ1) is 8.22. The molecule has 7 heteroatoms. The van der Waals surface area contributed by atoms with E-state index >= 15 is 0 Å². The second kappa shape index (κ2) is 6.85. The number of nitrogens with two attached hydrogens (primary N) is 1. The van der Waals surface area contributed by atoms with E-state index in [1.807, 2.05) is 0 Å². The fraction of sp³-hybridized carbons (Fsp3) is 0.182. The molecule has 0 radical (unpaired) electrons. The number of hydrogen-bond acceptors (Lipinski definition) is 4. The molecule has 0 spiro atoms. The van der Waals surface area contributed by atoms with Gasteiger partial charge in [0.2, 0.25) is 0 Å². The van der Waals surface area contributed by atoms with Gasteiger partial charge in [0.1, 0.15) is 6.61 Å². The molecule has 0 saturated heterocycles. The van der Waals surface area contributed by atoms with Crippen molar-refractivity contribution in [1.82, 2.24) is 5.16 Å². The van der Waals surface area contributed by atoms with Crippen LogP contribution in [0.3, 0.4) is 0 Å². The Morgan fingerprint density at radius 2 is 2.11 bits per heavy atom. The van der Waals surface area contributed by atoms with Crippen molar-refractivity contribution < 1.29 is 9.26 Å². The minimum absolute atomic E-state index is 0. The number of aromatic nitrogens is 1. The zero-order chi connectivity index (χ0) is 12.3. The predicted octanol–water partition coefficient (Wildman–Crippen LogP) is 3.41. The first kappa shape index (κ1) is 15.1. The summed E-state index contributed by atoms with van der Waals surface area (Å²) >= 11 is 12.0. The second-order valence-electron chi connectivity index (χ2n) is 3.27. The van der Waals surface area contributed by atoms with Crippen LogP contribution in [0.5, 0.6) is 5.88 Å². The van der Waals surface area contributed by atoms with Gasteiger partial charge in [0.05, 0.1) is 10.0 Å². The Morgan fingerprint density at radius 3 is 2.83 bits per heavy atom. The normalized spacial score (nSPS) is 9.94. The molecule has 1 heterocycles. The molecule has 0 saturated carbocycles. The topological polar surface area (TPSA) is 61.3 Å². The molecule has 0 bridgehead atoms.